The van der Waals surface area contributed by atoms with E-state index in [1.165, 1.54) is 31.5 Å². The SMILES string of the molecule is CCn1c(COc2ccc(C(C)C)cc2)nnc1SCC(=O)Nc1cc(OC)c(Cl)cc1OC. The summed E-state index contributed by atoms with van der Waals surface area (Å²) in [6.07, 6.45) is 0. The molecular weight excluding hydrogens is 476 g/mol. The number of hydrogen-bond donors (Lipinski definition) is 1. The van der Waals surface area contributed by atoms with Gasteiger partial charge in [0.1, 0.15) is 23.9 Å². The highest BCUT2D eigenvalue weighted by Gasteiger charge is 2.16. The van der Waals surface area contributed by atoms with E-state index >= 15 is 0 Å². The average molecular weight is 505 g/mol. The molecule has 34 heavy (non-hydrogen) atoms. The number of aromatic nitrogens is 3. The van der Waals surface area contributed by atoms with Crippen molar-refractivity contribution in [2.24, 2.45) is 0 Å². The Balaban J connectivity index is 1.61. The van der Waals surface area contributed by atoms with E-state index in [4.69, 9.17) is 25.8 Å². The number of ether oxygens (including phenoxy) is 3. The maximum absolute atomic E-state index is 12.6. The summed E-state index contributed by atoms with van der Waals surface area (Å²) in [6, 6.07) is 11.3. The standard InChI is InChI=1S/C24H29ClN4O4S/c1-6-29-22(13-33-17-9-7-16(8-10-17)15(2)3)27-28-24(29)34-14-23(30)26-19-12-20(31-4)18(25)11-21(19)32-5/h7-12,15H,6,13-14H2,1-5H3,(H,26,30). The highest BCUT2D eigenvalue weighted by atomic mass is 35.5. The number of amides is 1. The van der Waals surface area contributed by atoms with Gasteiger partial charge >= 0.3 is 0 Å². The van der Waals surface area contributed by atoms with E-state index in [9.17, 15) is 4.79 Å². The lowest BCUT2D eigenvalue weighted by atomic mass is 10.0. The summed E-state index contributed by atoms with van der Waals surface area (Å²) < 4.78 is 18.4. The molecule has 3 aromatic rings. The molecular formula is C24H29ClN4O4S. The van der Waals surface area contributed by atoms with Crippen molar-refractivity contribution >= 4 is 35.0 Å². The number of nitrogens with zero attached hydrogens (tertiary/aromatic N) is 3. The molecule has 0 atom stereocenters. The number of thioether (sulfide) groups is 1. The second-order valence-electron chi connectivity index (χ2n) is 7.68. The maximum Gasteiger partial charge on any atom is 0.234 e. The lowest BCUT2D eigenvalue weighted by molar-refractivity contribution is -0.113. The zero-order valence-corrected chi connectivity index (χ0v) is 21.5. The maximum atomic E-state index is 12.6. The van der Waals surface area contributed by atoms with E-state index in [0.29, 0.717) is 45.7 Å². The van der Waals surface area contributed by atoms with Crippen LogP contribution in [0.15, 0.2) is 41.6 Å². The van der Waals surface area contributed by atoms with Crippen molar-refractivity contribution in [2.45, 2.75) is 45.0 Å². The number of anilines is 1. The Morgan fingerprint density at radius 1 is 1.12 bits per heavy atom. The van der Waals surface area contributed by atoms with Crippen molar-refractivity contribution in [3.05, 3.63) is 52.8 Å². The molecule has 3 rings (SSSR count). The topological polar surface area (TPSA) is 87.5 Å². The van der Waals surface area contributed by atoms with Gasteiger partial charge in [-0.15, -0.1) is 10.2 Å². The molecule has 0 saturated carbocycles. The van der Waals surface area contributed by atoms with Crippen LogP contribution < -0.4 is 19.5 Å². The molecule has 0 spiro atoms. The highest BCUT2D eigenvalue weighted by Crippen LogP contribution is 2.36. The monoisotopic (exact) mass is 504 g/mol. The molecule has 0 aliphatic rings. The minimum absolute atomic E-state index is 0.143. The Hall–Kier alpha value is -2.91. The zero-order chi connectivity index (χ0) is 24.7. The molecule has 1 amide bonds. The number of methoxy groups -OCH3 is 2. The number of benzene rings is 2. The summed E-state index contributed by atoms with van der Waals surface area (Å²) in [7, 11) is 3.02. The second kappa shape index (κ2) is 12.0. The molecule has 8 nitrogen and oxygen atoms in total. The summed E-state index contributed by atoms with van der Waals surface area (Å²) in [6.45, 7) is 7.25. The number of halogens is 1. The van der Waals surface area contributed by atoms with E-state index in [0.717, 1.165) is 5.75 Å². The molecule has 0 bridgehead atoms. The van der Waals surface area contributed by atoms with Crippen molar-refractivity contribution in [2.75, 3.05) is 25.3 Å². The normalized spacial score (nSPS) is 10.9. The lowest BCUT2D eigenvalue weighted by Gasteiger charge is -2.13. The van der Waals surface area contributed by atoms with E-state index < -0.39 is 0 Å². The van der Waals surface area contributed by atoms with Crippen molar-refractivity contribution in [3.63, 3.8) is 0 Å². The minimum atomic E-state index is -0.221. The molecule has 0 aliphatic carbocycles. The van der Waals surface area contributed by atoms with Crippen LogP contribution >= 0.6 is 23.4 Å². The third-order valence-electron chi connectivity index (χ3n) is 5.10. The van der Waals surface area contributed by atoms with Crippen molar-refractivity contribution < 1.29 is 19.0 Å². The Morgan fingerprint density at radius 3 is 2.44 bits per heavy atom. The van der Waals surface area contributed by atoms with Gasteiger partial charge in [0.2, 0.25) is 5.91 Å². The molecule has 1 N–H and O–H groups in total. The van der Waals surface area contributed by atoms with E-state index in [2.05, 4.69) is 41.5 Å². The molecule has 0 aliphatic heterocycles. The van der Waals surface area contributed by atoms with E-state index in [-0.39, 0.29) is 18.3 Å². The van der Waals surface area contributed by atoms with Gasteiger partial charge in [-0.25, -0.2) is 0 Å². The van der Waals surface area contributed by atoms with Gasteiger partial charge in [-0.1, -0.05) is 49.3 Å². The summed E-state index contributed by atoms with van der Waals surface area (Å²) in [5, 5.41) is 12.4. The third-order valence-corrected chi connectivity index (χ3v) is 6.37. The number of carbonyl (C=O) groups is 1. The number of nitrogens with one attached hydrogen (secondary N) is 1. The Bertz CT molecular complexity index is 1120. The van der Waals surface area contributed by atoms with Crippen LogP contribution in [-0.2, 0) is 17.9 Å². The predicted molar refractivity (Wildman–Crippen MR) is 134 cm³/mol. The molecule has 1 aromatic heterocycles. The van der Waals surface area contributed by atoms with E-state index in [1.54, 1.807) is 12.1 Å². The highest BCUT2D eigenvalue weighted by molar-refractivity contribution is 7.99. The Morgan fingerprint density at radius 2 is 1.82 bits per heavy atom. The zero-order valence-electron chi connectivity index (χ0n) is 19.9. The molecule has 1 heterocycles. The first-order valence-electron chi connectivity index (χ1n) is 10.8. The van der Waals surface area contributed by atoms with Gasteiger partial charge in [-0.2, -0.15) is 0 Å². The molecule has 0 unspecified atom stereocenters. The van der Waals surface area contributed by atoms with Crippen LogP contribution in [0, 0.1) is 0 Å². The summed E-state index contributed by atoms with van der Waals surface area (Å²) in [5.74, 6) is 2.75. The van der Waals surface area contributed by atoms with Crippen LogP contribution in [0.25, 0.3) is 0 Å². The van der Waals surface area contributed by atoms with Gasteiger partial charge in [-0.3, -0.25) is 4.79 Å². The quantitative estimate of drug-likeness (QED) is 0.350. The van der Waals surface area contributed by atoms with Gasteiger partial charge in [0.25, 0.3) is 0 Å². The molecule has 2 aromatic carbocycles. The predicted octanol–water partition coefficient (Wildman–Crippen LogP) is 5.40. The first-order chi connectivity index (χ1) is 16.4. The van der Waals surface area contributed by atoms with Gasteiger partial charge in [0, 0.05) is 18.7 Å². The third kappa shape index (κ3) is 6.36. The largest absolute Gasteiger partial charge is 0.495 e. The first-order valence-corrected chi connectivity index (χ1v) is 12.2. The molecule has 0 fully saturated rings. The van der Waals surface area contributed by atoms with Gasteiger partial charge in [0.05, 0.1) is 30.7 Å². The fourth-order valence-corrected chi connectivity index (χ4v) is 4.27. The first kappa shape index (κ1) is 25.7. The van der Waals surface area contributed by atoms with Crippen molar-refractivity contribution in [3.8, 4) is 17.2 Å². The Labute approximate surface area is 209 Å². The van der Waals surface area contributed by atoms with Gasteiger partial charge in [-0.05, 0) is 30.5 Å². The fourth-order valence-electron chi connectivity index (χ4n) is 3.22. The number of hydrogen-bond acceptors (Lipinski definition) is 7. The Kier molecular flexibility index (Phi) is 9.06. The average Bonchev–Trinajstić information content (AvgIpc) is 3.24. The van der Waals surface area contributed by atoms with Crippen LogP contribution in [0.5, 0.6) is 17.2 Å². The molecule has 182 valence electrons. The lowest BCUT2D eigenvalue weighted by Crippen LogP contribution is -2.15. The van der Waals surface area contributed by atoms with Gasteiger partial charge in [0.15, 0.2) is 11.0 Å². The van der Waals surface area contributed by atoms with Crippen LogP contribution in [0.1, 0.15) is 38.1 Å². The molecule has 0 radical (unpaired) electrons. The smallest absolute Gasteiger partial charge is 0.234 e. The summed E-state index contributed by atoms with van der Waals surface area (Å²) in [4.78, 5) is 12.6. The minimum Gasteiger partial charge on any atom is -0.495 e. The summed E-state index contributed by atoms with van der Waals surface area (Å²) in [5.41, 5.74) is 1.74. The van der Waals surface area contributed by atoms with Crippen LogP contribution in [0.3, 0.4) is 0 Å². The van der Waals surface area contributed by atoms with Gasteiger partial charge < -0.3 is 24.1 Å². The van der Waals surface area contributed by atoms with E-state index in [1.807, 2.05) is 23.6 Å². The van der Waals surface area contributed by atoms with Crippen LogP contribution in [0.2, 0.25) is 5.02 Å². The summed E-state index contributed by atoms with van der Waals surface area (Å²) >= 11 is 7.42. The van der Waals surface area contributed by atoms with Crippen LogP contribution in [-0.4, -0.2) is 40.6 Å². The van der Waals surface area contributed by atoms with Crippen molar-refractivity contribution in [1.29, 1.82) is 0 Å². The number of rotatable bonds is 11. The molecule has 10 heteroatoms. The molecule has 0 saturated heterocycles. The van der Waals surface area contributed by atoms with Crippen LogP contribution in [0.4, 0.5) is 5.69 Å². The van der Waals surface area contributed by atoms with Crippen molar-refractivity contribution in [1.82, 2.24) is 14.8 Å². The number of carbonyl (C=O) groups excluding carboxylic acids is 1. The second-order valence-corrected chi connectivity index (χ2v) is 9.03. The fraction of sp³-hybridized carbons (Fsp3) is 0.375.